The van der Waals surface area contributed by atoms with Gasteiger partial charge in [-0.1, -0.05) is 23.7 Å². The number of carboxylic acids is 1. The van der Waals surface area contributed by atoms with Gasteiger partial charge in [0, 0.05) is 11.6 Å². The maximum absolute atomic E-state index is 13.6. The summed E-state index contributed by atoms with van der Waals surface area (Å²) in [5, 5.41) is 22.1. The highest BCUT2D eigenvalue weighted by molar-refractivity contribution is 6.30. The molecular weight excluding hydrogens is 297 g/mol. The van der Waals surface area contributed by atoms with Crippen LogP contribution in [-0.2, 0) is 0 Å². The average Bonchev–Trinajstić information content (AvgIpc) is 2.46. The van der Waals surface area contributed by atoms with Crippen LogP contribution in [0.25, 0.3) is 0 Å². The largest absolute Gasteiger partial charge is 0.478 e. The molecule has 21 heavy (non-hydrogen) atoms. The SMILES string of the molecule is O=C(O)c1ccc(F)c(NCC(O)c2ccc(Cl)cc2)c1. The second-order valence-corrected chi connectivity index (χ2v) is 4.88. The lowest BCUT2D eigenvalue weighted by Gasteiger charge is -2.14. The van der Waals surface area contributed by atoms with Crippen molar-refractivity contribution in [2.75, 3.05) is 11.9 Å². The number of hydrogen-bond donors (Lipinski definition) is 3. The molecule has 2 aromatic carbocycles. The monoisotopic (exact) mass is 309 g/mol. The van der Waals surface area contributed by atoms with E-state index in [0.717, 1.165) is 6.07 Å². The van der Waals surface area contributed by atoms with Crippen molar-refractivity contribution in [3.63, 3.8) is 0 Å². The zero-order chi connectivity index (χ0) is 15.4. The molecule has 0 aliphatic heterocycles. The summed E-state index contributed by atoms with van der Waals surface area (Å²) in [6, 6.07) is 10.1. The summed E-state index contributed by atoms with van der Waals surface area (Å²) in [5.41, 5.74) is 0.629. The molecule has 3 N–H and O–H groups in total. The number of carboxylic acid groups (broad SMARTS) is 1. The van der Waals surface area contributed by atoms with E-state index in [2.05, 4.69) is 5.32 Å². The molecular formula is C15H13ClFNO3. The number of nitrogens with one attached hydrogen (secondary N) is 1. The van der Waals surface area contributed by atoms with Gasteiger partial charge >= 0.3 is 5.97 Å². The fraction of sp³-hybridized carbons (Fsp3) is 0.133. The number of aliphatic hydroxyl groups is 1. The van der Waals surface area contributed by atoms with E-state index < -0.39 is 17.9 Å². The van der Waals surface area contributed by atoms with Crippen LogP contribution in [0.15, 0.2) is 42.5 Å². The first-order valence-electron chi connectivity index (χ1n) is 6.17. The molecule has 0 fully saturated rings. The summed E-state index contributed by atoms with van der Waals surface area (Å²) in [6.45, 7) is 0.0433. The van der Waals surface area contributed by atoms with Gasteiger partial charge in [0.05, 0.1) is 17.4 Å². The fourth-order valence-corrected chi connectivity index (χ4v) is 1.93. The molecule has 0 saturated carbocycles. The smallest absolute Gasteiger partial charge is 0.335 e. The highest BCUT2D eigenvalue weighted by Gasteiger charge is 2.11. The summed E-state index contributed by atoms with van der Waals surface area (Å²) in [7, 11) is 0. The van der Waals surface area contributed by atoms with Crippen LogP contribution in [0.4, 0.5) is 10.1 Å². The van der Waals surface area contributed by atoms with Crippen LogP contribution in [0, 0.1) is 5.82 Å². The quantitative estimate of drug-likeness (QED) is 0.792. The molecule has 0 amide bonds. The van der Waals surface area contributed by atoms with Crippen LogP contribution in [0.1, 0.15) is 22.0 Å². The molecule has 0 spiro atoms. The zero-order valence-corrected chi connectivity index (χ0v) is 11.6. The molecule has 0 saturated heterocycles. The third kappa shape index (κ3) is 3.93. The first-order chi connectivity index (χ1) is 9.97. The van der Waals surface area contributed by atoms with Crippen molar-refractivity contribution < 1.29 is 19.4 Å². The van der Waals surface area contributed by atoms with E-state index in [4.69, 9.17) is 16.7 Å². The number of rotatable bonds is 5. The predicted octanol–water partition coefficient (Wildman–Crippen LogP) is 3.32. The van der Waals surface area contributed by atoms with Crippen LogP contribution in [-0.4, -0.2) is 22.7 Å². The van der Waals surface area contributed by atoms with Crippen molar-refractivity contribution in [2.24, 2.45) is 0 Å². The highest BCUT2D eigenvalue weighted by Crippen LogP contribution is 2.20. The maximum Gasteiger partial charge on any atom is 0.335 e. The van der Waals surface area contributed by atoms with Crippen LogP contribution in [0.5, 0.6) is 0 Å². The van der Waals surface area contributed by atoms with Gasteiger partial charge in [-0.2, -0.15) is 0 Å². The molecule has 0 aliphatic rings. The molecule has 2 rings (SSSR count). The first-order valence-corrected chi connectivity index (χ1v) is 6.55. The van der Waals surface area contributed by atoms with Gasteiger partial charge in [0.25, 0.3) is 0 Å². The summed E-state index contributed by atoms with van der Waals surface area (Å²) in [5.74, 6) is -1.72. The predicted molar refractivity (Wildman–Crippen MR) is 78.3 cm³/mol. The third-order valence-corrected chi connectivity index (χ3v) is 3.21. The van der Waals surface area contributed by atoms with Crippen molar-refractivity contribution in [1.82, 2.24) is 0 Å². The number of benzene rings is 2. The highest BCUT2D eigenvalue weighted by atomic mass is 35.5. The Bertz CT molecular complexity index is 646. The molecule has 4 nitrogen and oxygen atoms in total. The molecule has 0 radical (unpaired) electrons. The van der Waals surface area contributed by atoms with Crippen LogP contribution in [0.2, 0.25) is 5.02 Å². The second kappa shape index (κ2) is 6.56. The lowest BCUT2D eigenvalue weighted by Crippen LogP contribution is -2.13. The van der Waals surface area contributed by atoms with E-state index in [-0.39, 0.29) is 17.8 Å². The van der Waals surface area contributed by atoms with Gasteiger partial charge < -0.3 is 15.5 Å². The Kier molecular flexibility index (Phi) is 4.77. The van der Waals surface area contributed by atoms with E-state index >= 15 is 0 Å². The van der Waals surface area contributed by atoms with E-state index in [1.807, 2.05) is 0 Å². The minimum Gasteiger partial charge on any atom is -0.478 e. The van der Waals surface area contributed by atoms with Crippen molar-refractivity contribution in [3.05, 3.63) is 64.4 Å². The molecule has 0 aromatic heterocycles. The minimum atomic E-state index is -1.14. The van der Waals surface area contributed by atoms with Gasteiger partial charge in [-0.25, -0.2) is 9.18 Å². The Morgan fingerprint density at radius 3 is 2.52 bits per heavy atom. The standard InChI is InChI=1S/C15H13ClFNO3/c16-11-4-1-9(2-5-11)14(19)8-18-13-7-10(15(20)21)3-6-12(13)17/h1-7,14,18-19H,8H2,(H,20,21). The van der Waals surface area contributed by atoms with Gasteiger partial charge in [0.1, 0.15) is 5.82 Å². The van der Waals surface area contributed by atoms with E-state index in [0.29, 0.717) is 10.6 Å². The lowest BCUT2D eigenvalue weighted by atomic mass is 10.1. The van der Waals surface area contributed by atoms with Crippen LogP contribution < -0.4 is 5.32 Å². The average molecular weight is 310 g/mol. The van der Waals surface area contributed by atoms with Crippen molar-refractivity contribution in [3.8, 4) is 0 Å². The Morgan fingerprint density at radius 2 is 1.90 bits per heavy atom. The topological polar surface area (TPSA) is 69.6 Å². The van der Waals surface area contributed by atoms with Crippen LogP contribution >= 0.6 is 11.6 Å². The number of aliphatic hydroxyl groups excluding tert-OH is 1. The summed E-state index contributed by atoms with van der Waals surface area (Å²) >= 11 is 5.75. The number of halogens is 2. The number of anilines is 1. The van der Waals surface area contributed by atoms with Gasteiger partial charge in [0.2, 0.25) is 0 Å². The Balaban J connectivity index is 2.07. The summed E-state index contributed by atoms with van der Waals surface area (Å²) in [4.78, 5) is 10.8. The van der Waals surface area contributed by atoms with Gasteiger partial charge in [-0.15, -0.1) is 0 Å². The molecule has 6 heteroatoms. The van der Waals surface area contributed by atoms with Gasteiger partial charge in [0.15, 0.2) is 0 Å². The lowest BCUT2D eigenvalue weighted by molar-refractivity contribution is 0.0697. The van der Waals surface area contributed by atoms with E-state index in [1.165, 1.54) is 12.1 Å². The molecule has 110 valence electrons. The normalized spacial score (nSPS) is 12.0. The molecule has 1 atom stereocenters. The Hall–Kier alpha value is -2.11. The van der Waals surface area contributed by atoms with Gasteiger partial charge in [-0.05, 0) is 35.9 Å². The zero-order valence-electron chi connectivity index (χ0n) is 10.9. The summed E-state index contributed by atoms with van der Waals surface area (Å²) in [6.07, 6.45) is -0.866. The summed E-state index contributed by atoms with van der Waals surface area (Å²) < 4.78 is 13.6. The van der Waals surface area contributed by atoms with Crippen molar-refractivity contribution in [1.29, 1.82) is 0 Å². The second-order valence-electron chi connectivity index (χ2n) is 4.45. The van der Waals surface area contributed by atoms with Crippen LogP contribution in [0.3, 0.4) is 0 Å². The molecule has 0 bridgehead atoms. The Morgan fingerprint density at radius 1 is 1.24 bits per heavy atom. The first kappa shape index (κ1) is 15.3. The Labute approximate surface area is 125 Å². The molecule has 2 aromatic rings. The minimum absolute atomic E-state index is 0.0279. The maximum atomic E-state index is 13.6. The van der Waals surface area contributed by atoms with E-state index in [9.17, 15) is 14.3 Å². The number of hydrogen-bond acceptors (Lipinski definition) is 3. The number of carbonyl (C=O) groups is 1. The third-order valence-electron chi connectivity index (χ3n) is 2.95. The van der Waals surface area contributed by atoms with Crippen molar-refractivity contribution in [2.45, 2.75) is 6.10 Å². The molecule has 1 unspecified atom stereocenters. The molecule has 0 heterocycles. The number of aromatic carboxylic acids is 1. The molecule has 0 aliphatic carbocycles. The van der Waals surface area contributed by atoms with Gasteiger partial charge in [-0.3, -0.25) is 0 Å². The van der Waals surface area contributed by atoms with Crippen molar-refractivity contribution >= 4 is 23.3 Å². The fourth-order valence-electron chi connectivity index (χ4n) is 1.80. The van der Waals surface area contributed by atoms with E-state index in [1.54, 1.807) is 24.3 Å².